The third kappa shape index (κ3) is 4.70. The molecular weight excluding hydrogens is 316 g/mol. The van der Waals surface area contributed by atoms with Crippen LogP contribution in [0.4, 0.5) is 0 Å². The van der Waals surface area contributed by atoms with Gasteiger partial charge in [-0.25, -0.2) is 8.42 Å². The summed E-state index contributed by atoms with van der Waals surface area (Å²) >= 11 is 7.34. The first-order valence-corrected chi connectivity index (χ1v) is 9.93. The van der Waals surface area contributed by atoms with Crippen LogP contribution in [0.1, 0.15) is 17.7 Å². The first-order valence-electron chi connectivity index (χ1n) is 6.90. The molecule has 0 unspecified atom stereocenters. The fourth-order valence-corrected chi connectivity index (χ4v) is 4.78. The van der Waals surface area contributed by atoms with Gasteiger partial charge in [0.2, 0.25) is 10.0 Å². The van der Waals surface area contributed by atoms with Crippen LogP contribution in [-0.2, 0) is 16.6 Å². The SMILES string of the molecule is O=S(=O)(CCCCCl)N1CCN(Cc2cccs2)CC1. The Hall–Kier alpha value is -0.140. The van der Waals surface area contributed by atoms with E-state index >= 15 is 0 Å². The lowest BCUT2D eigenvalue weighted by atomic mass is 10.3. The van der Waals surface area contributed by atoms with Gasteiger partial charge in [0.05, 0.1) is 5.75 Å². The molecule has 1 aromatic rings. The predicted molar refractivity (Wildman–Crippen MR) is 84.9 cm³/mol. The number of unbranched alkanes of at least 4 members (excludes halogenated alkanes) is 1. The number of thiophene rings is 1. The van der Waals surface area contributed by atoms with E-state index in [-0.39, 0.29) is 5.75 Å². The normalized spacial score (nSPS) is 18.4. The lowest BCUT2D eigenvalue weighted by Crippen LogP contribution is -2.48. The zero-order valence-corrected chi connectivity index (χ0v) is 13.9. The van der Waals surface area contributed by atoms with E-state index in [0.717, 1.165) is 26.1 Å². The maximum atomic E-state index is 12.2. The van der Waals surface area contributed by atoms with Crippen molar-refractivity contribution in [3.8, 4) is 0 Å². The molecule has 1 aromatic heterocycles. The van der Waals surface area contributed by atoms with Crippen LogP contribution in [0.15, 0.2) is 17.5 Å². The van der Waals surface area contributed by atoms with E-state index in [1.54, 1.807) is 15.6 Å². The number of rotatable bonds is 7. The van der Waals surface area contributed by atoms with Gasteiger partial charge in [-0.15, -0.1) is 22.9 Å². The van der Waals surface area contributed by atoms with Crippen molar-refractivity contribution in [1.82, 2.24) is 9.21 Å². The molecule has 4 nitrogen and oxygen atoms in total. The molecule has 114 valence electrons. The Morgan fingerprint density at radius 1 is 1.20 bits per heavy atom. The monoisotopic (exact) mass is 336 g/mol. The van der Waals surface area contributed by atoms with Crippen LogP contribution < -0.4 is 0 Å². The molecule has 0 N–H and O–H groups in total. The summed E-state index contributed by atoms with van der Waals surface area (Å²) < 4.78 is 25.9. The molecule has 0 atom stereocenters. The summed E-state index contributed by atoms with van der Waals surface area (Å²) in [5, 5.41) is 2.08. The minimum absolute atomic E-state index is 0.227. The highest BCUT2D eigenvalue weighted by atomic mass is 35.5. The molecule has 20 heavy (non-hydrogen) atoms. The average Bonchev–Trinajstić information content (AvgIpc) is 2.92. The Balaban J connectivity index is 1.78. The fraction of sp³-hybridized carbons (Fsp3) is 0.692. The van der Waals surface area contributed by atoms with Crippen molar-refractivity contribution < 1.29 is 8.42 Å². The minimum Gasteiger partial charge on any atom is -0.296 e. The highest BCUT2D eigenvalue weighted by Gasteiger charge is 2.26. The van der Waals surface area contributed by atoms with Gasteiger partial charge < -0.3 is 0 Å². The molecule has 1 aliphatic heterocycles. The Morgan fingerprint density at radius 2 is 1.95 bits per heavy atom. The van der Waals surface area contributed by atoms with Gasteiger partial charge in [-0.05, 0) is 24.3 Å². The molecule has 0 bridgehead atoms. The second kappa shape index (κ2) is 7.75. The first-order chi connectivity index (χ1) is 9.62. The van der Waals surface area contributed by atoms with Crippen molar-refractivity contribution in [3.05, 3.63) is 22.4 Å². The van der Waals surface area contributed by atoms with E-state index in [9.17, 15) is 8.42 Å². The van der Waals surface area contributed by atoms with E-state index in [1.165, 1.54) is 4.88 Å². The lowest BCUT2D eigenvalue weighted by molar-refractivity contribution is 0.183. The molecule has 0 amide bonds. The van der Waals surface area contributed by atoms with E-state index in [2.05, 4.69) is 22.4 Å². The van der Waals surface area contributed by atoms with Crippen LogP contribution in [0.5, 0.6) is 0 Å². The van der Waals surface area contributed by atoms with Gasteiger partial charge in [-0.2, -0.15) is 4.31 Å². The van der Waals surface area contributed by atoms with Gasteiger partial charge in [0.15, 0.2) is 0 Å². The summed E-state index contributed by atoms with van der Waals surface area (Å²) in [6.45, 7) is 3.76. The van der Waals surface area contributed by atoms with Crippen molar-refractivity contribution >= 4 is 33.0 Å². The summed E-state index contributed by atoms with van der Waals surface area (Å²) in [7, 11) is -3.09. The molecule has 1 aliphatic rings. The smallest absolute Gasteiger partial charge is 0.214 e. The van der Waals surface area contributed by atoms with Gasteiger partial charge in [0, 0.05) is 43.5 Å². The molecule has 2 heterocycles. The highest BCUT2D eigenvalue weighted by Crippen LogP contribution is 2.15. The summed E-state index contributed by atoms with van der Waals surface area (Å²) in [6.07, 6.45) is 1.42. The maximum Gasteiger partial charge on any atom is 0.214 e. The molecule has 0 spiro atoms. The number of hydrogen-bond acceptors (Lipinski definition) is 4. The second-order valence-corrected chi connectivity index (χ2v) is 8.47. The standard InChI is InChI=1S/C13H21ClN2O2S2/c14-5-1-2-11-20(17,18)16-8-6-15(7-9-16)12-13-4-3-10-19-13/h3-4,10H,1-2,5-9,11-12H2. The van der Waals surface area contributed by atoms with Crippen molar-refractivity contribution in [2.75, 3.05) is 37.8 Å². The Bertz CT molecular complexity index is 482. The van der Waals surface area contributed by atoms with E-state index in [1.807, 2.05) is 0 Å². The van der Waals surface area contributed by atoms with Gasteiger partial charge in [-0.1, -0.05) is 6.07 Å². The number of sulfonamides is 1. The molecule has 1 saturated heterocycles. The summed E-state index contributed by atoms with van der Waals surface area (Å²) in [4.78, 5) is 3.65. The van der Waals surface area contributed by atoms with Crippen LogP contribution in [0.2, 0.25) is 0 Å². The Morgan fingerprint density at radius 3 is 2.55 bits per heavy atom. The third-order valence-corrected chi connectivity index (χ3v) is 6.56. The number of alkyl halides is 1. The zero-order valence-electron chi connectivity index (χ0n) is 11.5. The number of halogens is 1. The largest absolute Gasteiger partial charge is 0.296 e. The lowest BCUT2D eigenvalue weighted by Gasteiger charge is -2.33. The quantitative estimate of drug-likeness (QED) is 0.566. The second-order valence-electron chi connectivity index (χ2n) is 4.97. The zero-order chi connectivity index (χ0) is 14.4. The first kappa shape index (κ1) is 16.2. The van der Waals surface area contributed by atoms with Crippen LogP contribution in [0, 0.1) is 0 Å². The average molecular weight is 337 g/mol. The van der Waals surface area contributed by atoms with E-state index < -0.39 is 10.0 Å². The topological polar surface area (TPSA) is 40.6 Å². The predicted octanol–water partition coefficient (Wildman–Crippen LogP) is 2.21. The molecule has 2 rings (SSSR count). The van der Waals surface area contributed by atoms with E-state index in [0.29, 0.717) is 25.4 Å². The summed E-state index contributed by atoms with van der Waals surface area (Å²) in [5.41, 5.74) is 0. The van der Waals surface area contributed by atoms with Crippen molar-refractivity contribution in [2.45, 2.75) is 19.4 Å². The molecule has 7 heteroatoms. The third-order valence-electron chi connectivity index (χ3n) is 3.47. The molecule has 1 fully saturated rings. The minimum atomic E-state index is -3.09. The van der Waals surface area contributed by atoms with Gasteiger partial charge in [0.25, 0.3) is 0 Å². The summed E-state index contributed by atoms with van der Waals surface area (Å²) in [6, 6.07) is 4.18. The Labute approximate surface area is 130 Å². The molecule has 0 saturated carbocycles. The molecule has 0 aromatic carbocycles. The molecule has 0 radical (unpaired) electrons. The Kier molecular flexibility index (Phi) is 6.29. The van der Waals surface area contributed by atoms with Crippen LogP contribution in [0.25, 0.3) is 0 Å². The van der Waals surface area contributed by atoms with Crippen molar-refractivity contribution in [3.63, 3.8) is 0 Å². The van der Waals surface area contributed by atoms with Gasteiger partial charge in [-0.3, -0.25) is 4.90 Å². The number of piperazine rings is 1. The number of nitrogens with zero attached hydrogens (tertiary/aromatic N) is 2. The van der Waals surface area contributed by atoms with Crippen LogP contribution in [0.3, 0.4) is 0 Å². The van der Waals surface area contributed by atoms with Gasteiger partial charge >= 0.3 is 0 Å². The number of hydrogen-bond donors (Lipinski definition) is 0. The highest BCUT2D eigenvalue weighted by molar-refractivity contribution is 7.89. The maximum absolute atomic E-state index is 12.2. The van der Waals surface area contributed by atoms with Crippen LogP contribution in [-0.4, -0.2) is 55.4 Å². The van der Waals surface area contributed by atoms with Crippen molar-refractivity contribution in [1.29, 1.82) is 0 Å². The summed E-state index contributed by atoms with van der Waals surface area (Å²) in [5.74, 6) is 0.759. The molecule has 0 aliphatic carbocycles. The van der Waals surface area contributed by atoms with Crippen LogP contribution >= 0.6 is 22.9 Å². The van der Waals surface area contributed by atoms with E-state index in [4.69, 9.17) is 11.6 Å². The molecular formula is C13H21ClN2O2S2. The van der Waals surface area contributed by atoms with Crippen molar-refractivity contribution in [2.24, 2.45) is 0 Å². The van der Waals surface area contributed by atoms with Gasteiger partial charge in [0.1, 0.15) is 0 Å². The fourth-order valence-electron chi connectivity index (χ4n) is 2.30.